The van der Waals surface area contributed by atoms with Crippen LogP contribution in [0.25, 0.3) is 0 Å². The van der Waals surface area contributed by atoms with Crippen LogP contribution in [0.3, 0.4) is 0 Å². The lowest BCUT2D eigenvalue weighted by atomic mass is 10.2. The fraction of sp³-hybridized carbons (Fsp3) is 0.769. The Hall–Kier alpha value is -0.863. The maximum absolute atomic E-state index is 12.7. The zero-order valence-corrected chi connectivity index (χ0v) is 15.4. The number of hydrogen-bond donors (Lipinski definition) is 1. The van der Waals surface area contributed by atoms with Gasteiger partial charge in [-0.1, -0.05) is 40.8 Å². The number of nitrogens with zero attached hydrogens (tertiary/aromatic N) is 2. The van der Waals surface area contributed by atoms with Crippen molar-refractivity contribution < 1.29 is 13.2 Å². The number of hydrogen-bond acceptors (Lipinski definition) is 4. The molecule has 0 fully saturated rings. The summed E-state index contributed by atoms with van der Waals surface area (Å²) in [6.07, 6.45) is 1.39. The first-order chi connectivity index (χ1) is 9.44. The fourth-order valence-corrected chi connectivity index (χ4v) is 6.86. The minimum absolute atomic E-state index is 0.0807. The predicted octanol–water partition coefficient (Wildman–Crippen LogP) is 2.20. The van der Waals surface area contributed by atoms with Crippen LogP contribution < -0.4 is 9.12 Å². The van der Waals surface area contributed by atoms with Crippen molar-refractivity contribution in [1.82, 2.24) is 14.2 Å². The van der Waals surface area contributed by atoms with Crippen LogP contribution >= 0.6 is 0 Å². The lowest BCUT2D eigenvalue weighted by molar-refractivity contribution is 0.170. The van der Waals surface area contributed by atoms with E-state index >= 15 is 0 Å². The first kappa shape index (κ1) is 16.5. The largest absolute Gasteiger partial charge is 0.477 e. The molecule has 2 heterocycles. The molecule has 21 heavy (non-hydrogen) atoms. The van der Waals surface area contributed by atoms with Gasteiger partial charge in [-0.15, -0.1) is 0 Å². The zero-order chi connectivity index (χ0) is 16.1. The van der Waals surface area contributed by atoms with Crippen LogP contribution in [0.1, 0.15) is 27.7 Å². The quantitative estimate of drug-likeness (QED) is 0.862. The number of rotatable bonds is 3. The van der Waals surface area contributed by atoms with E-state index in [2.05, 4.69) is 30.3 Å². The van der Waals surface area contributed by atoms with Crippen molar-refractivity contribution >= 4 is 18.3 Å². The average Bonchev–Trinajstić information content (AvgIpc) is 2.69. The van der Waals surface area contributed by atoms with Crippen molar-refractivity contribution in [3.63, 3.8) is 0 Å². The van der Waals surface area contributed by atoms with Crippen molar-refractivity contribution in [1.29, 1.82) is 0 Å². The van der Waals surface area contributed by atoms with Gasteiger partial charge in [-0.3, -0.25) is 0 Å². The molecule has 1 aromatic rings. The van der Waals surface area contributed by atoms with Gasteiger partial charge in [-0.25, -0.2) is 17.5 Å². The molecule has 8 heteroatoms. The Kier molecular flexibility index (Phi) is 4.01. The van der Waals surface area contributed by atoms with Crippen LogP contribution in [0, 0.1) is 5.92 Å². The predicted molar refractivity (Wildman–Crippen MR) is 84.4 cm³/mol. The molecule has 1 aliphatic heterocycles. The van der Waals surface area contributed by atoms with Crippen LogP contribution in [0.15, 0.2) is 11.1 Å². The Bertz CT molecular complexity index is 632. The normalized spacial score (nSPS) is 20.0. The zero-order valence-electron chi connectivity index (χ0n) is 13.6. The highest BCUT2D eigenvalue weighted by atomic mass is 32.2. The first-order valence-electron chi connectivity index (χ1n) is 7.16. The lowest BCUT2D eigenvalue weighted by Crippen LogP contribution is -2.54. The third kappa shape index (κ3) is 3.17. The van der Waals surface area contributed by atoms with Crippen LogP contribution in [0.2, 0.25) is 18.1 Å². The molecule has 1 aromatic heterocycles. The first-order valence-corrected chi connectivity index (χ1v) is 11.6. The Labute approximate surface area is 128 Å². The van der Waals surface area contributed by atoms with Crippen molar-refractivity contribution in [3.8, 4) is 5.88 Å². The maximum Gasteiger partial charge on any atom is 0.241 e. The van der Waals surface area contributed by atoms with Crippen molar-refractivity contribution in [2.24, 2.45) is 5.92 Å². The average molecular weight is 332 g/mol. The third-order valence-corrected chi connectivity index (χ3v) is 12.0. The van der Waals surface area contributed by atoms with E-state index in [9.17, 15) is 8.42 Å². The summed E-state index contributed by atoms with van der Waals surface area (Å²) in [5.41, 5.74) is 0. The van der Waals surface area contributed by atoms with Gasteiger partial charge in [0.25, 0.3) is 0 Å². The second-order valence-electron chi connectivity index (χ2n) is 7.39. The molecule has 0 radical (unpaired) electrons. The molecule has 0 saturated heterocycles. The van der Waals surface area contributed by atoms with Gasteiger partial charge >= 0.3 is 0 Å². The third-order valence-electron chi connectivity index (χ3n) is 4.30. The topological polar surface area (TPSA) is 73.2 Å². The maximum atomic E-state index is 12.7. The molecule has 120 valence electrons. The molecule has 2 rings (SSSR count). The van der Waals surface area contributed by atoms with E-state index in [4.69, 9.17) is 4.74 Å². The van der Waals surface area contributed by atoms with E-state index in [1.54, 1.807) is 4.68 Å². The van der Waals surface area contributed by atoms with Gasteiger partial charge in [0.05, 0.1) is 19.3 Å². The molecule has 1 aliphatic rings. The van der Waals surface area contributed by atoms with Crippen molar-refractivity contribution in [3.05, 3.63) is 6.20 Å². The van der Waals surface area contributed by atoms with Gasteiger partial charge in [-0.2, -0.15) is 5.10 Å². The summed E-state index contributed by atoms with van der Waals surface area (Å²) >= 11 is 0. The van der Waals surface area contributed by atoms with Gasteiger partial charge in [-0.05, 0) is 5.04 Å². The van der Waals surface area contributed by atoms with Crippen LogP contribution in [0.5, 0.6) is 5.88 Å². The second-order valence-corrected chi connectivity index (χ2v) is 14.4. The van der Waals surface area contributed by atoms with Gasteiger partial charge in [0.1, 0.15) is 8.24 Å². The van der Waals surface area contributed by atoms with E-state index in [0.29, 0.717) is 24.9 Å². The highest BCUT2D eigenvalue weighted by molar-refractivity contribution is 7.91. The fourth-order valence-electron chi connectivity index (χ4n) is 1.93. The molecule has 1 unspecified atom stereocenters. The molecule has 0 bridgehead atoms. The Morgan fingerprint density at radius 2 is 2.05 bits per heavy atom. The number of nitrogens with one attached hydrogen (secondary N) is 1. The SMILES string of the molecule is CC1COc2c(S(=O)(=O)N[Si](C)(C)C(C)(C)C)cnn2C1. The molecule has 0 aromatic carbocycles. The van der Waals surface area contributed by atoms with Crippen LogP contribution in [-0.2, 0) is 16.6 Å². The lowest BCUT2D eigenvalue weighted by Gasteiger charge is -2.36. The standard InChI is InChI=1S/C13H25N3O3SSi/c1-10-8-16-12(19-9-10)11(7-14-16)20(17,18)15-21(5,6)13(2,3)4/h7,10,15H,8-9H2,1-6H3. The molecular weight excluding hydrogens is 306 g/mol. The molecule has 6 nitrogen and oxygen atoms in total. The minimum Gasteiger partial charge on any atom is -0.477 e. The molecule has 0 saturated carbocycles. The smallest absolute Gasteiger partial charge is 0.241 e. The molecule has 1 atom stereocenters. The second kappa shape index (κ2) is 5.10. The van der Waals surface area contributed by atoms with Gasteiger partial charge < -0.3 is 4.74 Å². The van der Waals surface area contributed by atoms with E-state index < -0.39 is 18.3 Å². The molecule has 1 N–H and O–H groups in total. The van der Waals surface area contributed by atoms with Gasteiger partial charge in [0.2, 0.25) is 15.9 Å². The number of aromatic nitrogens is 2. The van der Waals surface area contributed by atoms with E-state index in [-0.39, 0.29) is 9.93 Å². The van der Waals surface area contributed by atoms with Crippen molar-refractivity contribution in [2.45, 2.75) is 57.3 Å². The van der Waals surface area contributed by atoms with E-state index in [0.717, 1.165) is 0 Å². The summed E-state index contributed by atoms with van der Waals surface area (Å²) in [7, 11) is -5.80. The molecule has 0 spiro atoms. The Balaban J connectivity index is 2.34. The summed E-state index contributed by atoms with van der Waals surface area (Å²) in [4.78, 5) is 0.152. The molecule has 0 amide bonds. The molecular formula is C13H25N3O3SSi. The summed E-state index contributed by atoms with van der Waals surface area (Å²) in [6.45, 7) is 13.5. The number of fused-ring (bicyclic) bond motifs is 1. The molecule has 0 aliphatic carbocycles. The number of sulfonamides is 1. The van der Waals surface area contributed by atoms with Crippen LogP contribution in [0.4, 0.5) is 0 Å². The van der Waals surface area contributed by atoms with E-state index in [1.807, 2.05) is 20.0 Å². The van der Waals surface area contributed by atoms with Crippen molar-refractivity contribution in [2.75, 3.05) is 6.61 Å². The summed E-state index contributed by atoms with van der Waals surface area (Å²) in [5.74, 6) is 0.695. The summed E-state index contributed by atoms with van der Waals surface area (Å²) in [5, 5.41) is 4.07. The highest BCUT2D eigenvalue weighted by Crippen LogP contribution is 2.36. The highest BCUT2D eigenvalue weighted by Gasteiger charge is 2.41. The van der Waals surface area contributed by atoms with E-state index in [1.165, 1.54) is 6.20 Å². The Morgan fingerprint density at radius 1 is 1.43 bits per heavy atom. The summed E-state index contributed by atoms with van der Waals surface area (Å²) in [6, 6.07) is 0. The van der Waals surface area contributed by atoms with Gasteiger partial charge in [0.15, 0.2) is 4.90 Å². The number of ether oxygens (including phenoxy) is 1. The minimum atomic E-state index is -3.61. The van der Waals surface area contributed by atoms with Crippen LogP contribution in [-0.4, -0.2) is 33.0 Å². The van der Waals surface area contributed by atoms with Gasteiger partial charge in [0, 0.05) is 5.92 Å². The Morgan fingerprint density at radius 3 is 2.62 bits per heavy atom. The summed E-state index contributed by atoms with van der Waals surface area (Å²) < 4.78 is 35.5. The monoisotopic (exact) mass is 331 g/mol.